The molecule has 0 unspecified atom stereocenters. The third kappa shape index (κ3) is 4.56. The molecule has 2 rings (SSSR count). The van der Waals surface area contributed by atoms with Crippen LogP contribution in [0, 0.1) is 5.82 Å². The number of hydrogen-bond acceptors (Lipinski definition) is 2. The van der Waals surface area contributed by atoms with Crippen LogP contribution in [-0.4, -0.2) is 5.78 Å². The van der Waals surface area contributed by atoms with Crippen LogP contribution in [-0.2, 0) is 11.4 Å². The van der Waals surface area contributed by atoms with Crippen molar-refractivity contribution >= 4 is 11.9 Å². The Bertz CT molecular complexity index is 633. The van der Waals surface area contributed by atoms with Gasteiger partial charge in [-0.1, -0.05) is 49.4 Å². The van der Waals surface area contributed by atoms with Gasteiger partial charge in [-0.3, -0.25) is 4.79 Å². The maximum atomic E-state index is 13.9. The minimum Gasteiger partial charge on any atom is -0.486 e. The molecule has 2 nitrogen and oxygen atoms in total. The lowest BCUT2D eigenvalue weighted by molar-refractivity contribution is -0.114. The maximum absolute atomic E-state index is 13.9. The number of halogens is 1. The summed E-state index contributed by atoms with van der Waals surface area (Å²) in [4.78, 5) is 11.2. The first-order valence-electron chi connectivity index (χ1n) is 6.86. The number of hydrogen-bond donors (Lipinski definition) is 0. The summed E-state index contributed by atoms with van der Waals surface area (Å²) in [5, 5.41) is 0. The van der Waals surface area contributed by atoms with E-state index in [0.29, 0.717) is 18.6 Å². The third-order valence-electron chi connectivity index (χ3n) is 3.00. The average molecular weight is 284 g/mol. The van der Waals surface area contributed by atoms with Gasteiger partial charge in [0.05, 0.1) is 0 Å². The molecule has 0 amide bonds. The molecule has 2 aromatic rings. The van der Waals surface area contributed by atoms with E-state index < -0.39 is 5.82 Å². The van der Waals surface area contributed by atoms with Gasteiger partial charge >= 0.3 is 0 Å². The highest BCUT2D eigenvalue weighted by molar-refractivity contribution is 5.93. The Morgan fingerprint density at radius 3 is 2.62 bits per heavy atom. The molecule has 21 heavy (non-hydrogen) atoms. The van der Waals surface area contributed by atoms with E-state index in [1.165, 1.54) is 12.1 Å². The number of rotatable bonds is 6. The van der Waals surface area contributed by atoms with E-state index in [1.807, 2.05) is 30.3 Å². The van der Waals surface area contributed by atoms with Crippen LogP contribution in [0.4, 0.5) is 4.39 Å². The van der Waals surface area contributed by atoms with Crippen molar-refractivity contribution in [1.29, 1.82) is 0 Å². The van der Waals surface area contributed by atoms with Gasteiger partial charge in [-0.25, -0.2) is 4.39 Å². The summed E-state index contributed by atoms with van der Waals surface area (Å²) in [6.45, 7) is 2.11. The summed E-state index contributed by atoms with van der Waals surface area (Å²) < 4.78 is 19.4. The molecule has 0 heterocycles. The summed E-state index contributed by atoms with van der Waals surface area (Å²) in [6.07, 6.45) is 3.51. The monoisotopic (exact) mass is 284 g/mol. The fraction of sp³-hybridized carbons (Fsp3) is 0.167. The summed E-state index contributed by atoms with van der Waals surface area (Å²) in [7, 11) is 0. The van der Waals surface area contributed by atoms with Crippen LogP contribution in [0.1, 0.15) is 24.5 Å². The minimum atomic E-state index is -0.433. The van der Waals surface area contributed by atoms with E-state index in [-0.39, 0.29) is 11.5 Å². The lowest BCUT2D eigenvalue weighted by atomic mass is 10.1. The van der Waals surface area contributed by atoms with Crippen molar-refractivity contribution < 1.29 is 13.9 Å². The minimum absolute atomic E-state index is 0.0137. The fourth-order valence-electron chi connectivity index (χ4n) is 1.78. The Morgan fingerprint density at radius 1 is 1.19 bits per heavy atom. The van der Waals surface area contributed by atoms with Crippen LogP contribution in [0.2, 0.25) is 0 Å². The molecule has 0 saturated heterocycles. The number of ether oxygens (including phenoxy) is 1. The first-order chi connectivity index (χ1) is 10.2. The second-order valence-electron chi connectivity index (χ2n) is 4.62. The Morgan fingerprint density at radius 2 is 1.95 bits per heavy atom. The highest BCUT2D eigenvalue weighted by atomic mass is 19.1. The van der Waals surface area contributed by atoms with E-state index in [4.69, 9.17) is 4.74 Å². The van der Waals surface area contributed by atoms with E-state index in [1.54, 1.807) is 25.1 Å². The van der Waals surface area contributed by atoms with E-state index >= 15 is 0 Å². The van der Waals surface area contributed by atoms with Crippen LogP contribution >= 0.6 is 0 Å². The molecule has 0 aromatic heterocycles. The van der Waals surface area contributed by atoms with Crippen LogP contribution < -0.4 is 4.74 Å². The van der Waals surface area contributed by atoms with Gasteiger partial charge in [0.25, 0.3) is 0 Å². The first-order valence-corrected chi connectivity index (χ1v) is 6.86. The summed E-state index contributed by atoms with van der Waals surface area (Å²) in [5.74, 6) is -0.213. The molecule has 0 saturated carbocycles. The molecule has 0 atom stereocenters. The molecule has 3 heteroatoms. The number of ketones is 1. The van der Waals surface area contributed by atoms with Crippen molar-refractivity contribution in [2.45, 2.75) is 20.0 Å². The smallest absolute Gasteiger partial charge is 0.165 e. The standard InChI is InChI=1S/C18H17FO2/c1-2-16(20)10-8-14-9-11-18(17(19)12-14)21-13-15-6-4-3-5-7-15/h3-12H,2,13H2,1H3. The largest absolute Gasteiger partial charge is 0.486 e. The van der Waals surface area contributed by atoms with Gasteiger partial charge in [-0.05, 0) is 29.3 Å². The van der Waals surface area contributed by atoms with Crippen LogP contribution in [0.25, 0.3) is 6.08 Å². The van der Waals surface area contributed by atoms with E-state index in [0.717, 1.165) is 5.56 Å². The second-order valence-corrected chi connectivity index (χ2v) is 4.62. The Kier molecular flexibility index (Phi) is 5.27. The molecule has 0 N–H and O–H groups in total. The van der Waals surface area contributed by atoms with Crippen LogP contribution in [0.3, 0.4) is 0 Å². The molecule has 0 aliphatic heterocycles. The van der Waals surface area contributed by atoms with Gasteiger partial charge in [0.15, 0.2) is 17.3 Å². The molecule has 0 aliphatic rings. The lowest BCUT2D eigenvalue weighted by Crippen LogP contribution is -1.97. The zero-order valence-electron chi connectivity index (χ0n) is 11.9. The average Bonchev–Trinajstić information content (AvgIpc) is 2.52. The summed E-state index contributed by atoms with van der Waals surface area (Å²) in [5.41, 5.74) is 1.62. The van der Waals surface area contributed by atoms with Crippen molar-refractivity contribution in [1.82, 2.24) is 0 Å². The van der Waals surface area contributed by atoms with Crippen LogP contribution in [0.5, 0.6) is 5.75 Å². The predicted molar refractivity (Wildman–Crippen MR) is 81.5 cm³/mol. The normalized spacial score (nSPS) is 10.8. The molecular formula is C18H17FO2. The highest BCUT2D eigenvalue weighted by Gasteiger charge is 2.04. The van der Waals surface area contributed by atoms with Crippen LogP contribution in [0.15, 0.2) is 54.6 Å². The Labute approximate surface area is 123 Å². The van der Waals surface area contributed by atoms with Crippen molar-refractivity contribution in [3.8, 4) is 5.75 Å². The van der Waals surface area contributed by atoms with Gasteiger partial charge < -0.3 is 4.74 Å². The molecule has 108 valence electrons. The molecule has 0 bridgehead atoms. The molecular weight excluding hydrogens is 267 g/mol. The zero-order chi connectivity index (χ0) is 15.1. The number of carbonyl (C=O) groups is 1. The molecule has 0 aliphatic carbocycles. The molecule has 0 fully saturated rings. The van der Waals surface area contributed by atoms with Gasteiger partial charge in [0, 0.05) is 6.42 Å². The van der Waals surface area contributed by atoms with E-state index in [9.17, 15) is 9.18 Å². The van der Waals surface area contributed by atoms with E-state index in [2.05, 4.69) is 0 Å². The Balaban J connectivity index is 2.02. The summed E-state index contributed by atoms with van der Waals surface area (Å²) >= 11 is 0. The SMILES string of the molecule is CCC(=O)C=Cc1ccc(OCc2ccccc2)c(F)c1. The first kappa shape index (κ1) is 15.0. The van der Waals surface area contributed by atoms with Crippen molar-refractivity contribution in [2.75, 3.05) is 0 Å². The molecule has 0 spiro atoms. The van der Waals surface area contributed by atoms with Crippen molar-refractivity contribution in [3.05, 3.63) is 71.6 Å². The summed E-state index contributed by atoms with van der Waals surface area (Å²) in [6, 6.07) is 14.2. The molecule has 2 aromatic carbocycles. The second kappa shape index (κ2) is 7.39. The predicted octanol–water partition coefficient (Wildman–Crippen LogP) is 4.40. The zero-order valence-corrected chi connectivity index (χ0v) is 11.9. The highest BCUT2D eigenvalue weighted by Crippen LogP contribution is 2.20. The topological polar surface area (TPSA) is 26.3 Å². The number of allylic oxidation sites excluding steroid dienone is 1. The Hall–Kier alpha value is -2.42. The quantitative estimate of drug-likeness (QED) is 0.735. The van der Waals surface area contributed by atoms with Crippen molar-refractivity contribution in [3.63, 3.8) is 0 Å². The lowest BCUT2D eigenvalue weighted by Gasteiger charge is -2.07. The van der Waals surface area contributed by atoms with Gasteiger partial charge in [0.1, 0.15) is 6.61 Å². The maximum Gasteiger partial charge on any atom is 0.165 e. The third-order valence-corrected chi connectivity index (χ3v) is 3.00. The number of benzene rings is 2. The van der Waals surface area contributed by atoms with Crippen molar-refractivity contribution in [2.24, 2.45) is 0 Å². The van der Waals surface area contributed by atoms with Gasteiger partial charge in [0.2, 0.25) is 0 Å². The number of carbonyl (C=O) groups excluding carboxylic acids is 1. The van der Waals surface area contributed by atoms with Gasteiger partial charge in [-0.15, -0.1) is 0 Å². The molecule has 0 radical (unpaired) electrons. The van der Waals surface area contributed by atoms with Gasteiger partial charge in [-0.2, -0.15) is 0 Å². The fourth-order valence-corrected chi connectivity index (χ4v) is 1.78.